The molecule has 100 valence electrons. The minimum absolute atomic E-state index is 0.0879. The minimum atomic E-state index is -0.0879. The van der Waals surface area contributed by atoms with Crippen molar-refractivity contribution < 1.29 is 4.79 Å². The first-order valence-corrected chi connectivity index (χ1v) is 6.72. The number of carbonyl (C=O) groups excluding carboxylic acids is 1. The number of nitrogens with zero attached hydrogens (tertiary/aromatic N) is 1. The van der Waals surface area contributed by atoms with Gasteiger partial charge in [-0.15, -0.1) is 0 Å². The van der Waals surface area contributed by atoms with Gasteiger partial charge in [-0.1, -0.05) is 20.3 Å². The molecule has 0 aliphatic carbocycles. The fourth-order valence-corrected chi connectivity index (χ4v) is 1.85. The lowest BCUT2D eigenvalue weighted by Gasteiger charge is -2.15. The van der Waals surface area contributed by atoms with Crippen molar-refractivity contribution in [2.45, 2.75) is 46.1 Å². The zero-order valence-electron chi connectivity index (χ0n) is 11.5. The third-order valence-electron chi connectivity index (χ3n) is 2.84. The molecular weight excluding hydrogens is 226 g/mol. The molecule has 0 bridgehead atoms. The highest BCUT2D eigenvalue weighted by molar-refractivity contribution is 5.93. The van der Waals surface area contributed by atoms with Gasteiger partial charge in [-0.2, -0.15) is 0 Å². The van der Waals surface area contributed by atoms with E-state index in [1.165, 1.54) is 0 Å². The molecule has 0 saturated heterocycles. The minimum Gasteiger partial charge on any atom is -0.385 e. The molecule has 1 heterocycles. The molecule has 1 rings (SSSR count). The Morgan fingerprint density at radius 1 is 1.39 bits per heavy atom. The summed E-state index contributed by atoms with van der Waals surface area (Å²) in [6.45, 7) is 7.06. The predicted molar refractivity (Wildman–Crippen MR) is 74.9 cm³/mol. The van der Waals surface area contributed by atoms with Crippen molar-refractivity contribution >= 4 is 11.6 Å². The third kappa shape index (κ3) is 4.35. The second-order valence-electron chi connectivity index (χ2n) is 4.33. The molecular formula is C14H23N3O. The first-order valence-electron chi connectivity index (χ1n) is 6.72. The van der Waals surface area contributed by atoms with E-state index in [-0.39, 0.29) is 11.9 Å². The van der Waals surface area contributed by atoms with E-state index in [0.717, 1.165) is 31.5 Å². The van der Waals surface area contributed by atoms with Crippen LogP contribution in [-0.2, 0) is 0 Å². The Morgan fingerprint density at radius 3 is 2.78 bits per heavy atom. The number of hydrogen-bond acceptors (Lipinski definition) is 3. The number of carbonyl (C=O) groups is 1. The molecule has 0 aliphatic rings. The van der Waals surface area contributed by atoms with Crippen molar-refractivity contribution in [1.82, 2.24) is 10.3 Å². The maximum atomic E-state index is 12.0. The number of anilines is 1. The van der Waals surface area contributed by atoms with Crippen molar-refractivity contribution in [2.24, 2.45) is 0 Å². The monoisotopic (exact) mass is 249 g/mol. The van der Waals surface area contributed by atoms with E-state index in [1.807, 2.05) is 13.0 Å². The fourth-order valence-electron chi connectivity index (χ4n) is 1.85. The molecule has 18 heavy (non-hydrogen) atoms. The highest BCUT2D eigenvalue weighted by Crippen LogP contribution is 2.09. The lowest BCUT2D eigenvalue weighted by atomic mass is 10.1. The molecule has 1 atom stereocenters. The standard InChI is InChI=1S/C14H23N3O/c1-4-7-11(5-2)17-14(18)13-10-12(15-6-3)8-9-16-13/h8-11H,4-7H2,1-3H3,(H,15,16)(H,17,18). The number of hydrogen-bond donors (Lipinski definition) is 2. The van der Waals surface area contributed by atoms with Gasteiger partial charge in [-0.05, 0) is 31.9 Å². The Morgan fingerprint density at radius 2 is 2.17 bits per heavy atom. The highest BCUT2D eigenvalue weighted by Gasteiger charge is 2.12. The smallest absolute Gasteiger partial charge is 0.270 e. The van der Waals surface area contributed by atoms with Gasteiger partial charge in [0.1, 0.15) is 5.69 Å². The lowest BCUT2D eigenvalue weighted by Crippen LogP contribution is -2.34. The molecule has 4 nitrogen and oxygen atoms in total. The van der Waals surface area contributed by atoms with Gasteiger partial charge in [0.2, 0.25) is 0 Å². The molecule has 0 radical (unpaired) electrons. The Labute approximate surface area is 109 Å². The van der Waals surface area contributed by atoms with Gasteiger partial charge in [0.05, 0.1) is 0 Å². The van der Waals surface area contributed by atoms with Gasteiger partial charge < -0.3 is 10.6 Å². The highest BCUT2D eigenvalue weighted by atomic mass is 16.1. The second kappa shape index (κ2) is 7.69. The van der Waals surface area contributed by atoms with Crippen molar-refractivity contribution in [2.75, 3.05) is 11.9 Å². The summed E-state index contributed by atoms with van der Waals surface area (Å²) in [5.74, 6) is -0.0879. The number of amides is 1. The zero-order chi connectivity index (χ0) is 13.4. The second-order valence-corrected chi connectivity index (χ2v) is 4.33. The molecule has 1 aromatic rings. The van der Waals surface area contributed by atoms with E-state index in [4.69, 9.17) is 0 Å². The lowest BCUT2D eigenvalue weighted by molar-refractivity contribution is 0.0928. The molecule has 0 spiro atoms. The maximum Gasteiger partial charge on any atom is 0.270 e. The molecule has 1 amide bonds. The van der Waals surface area contributed by atoms with Gasteiger partial charge in [-0.3, -0.25) is 9.78 Å². The van der Waals surface area contributed by atoms with E-state index in [1.54, 1.807) is 12.3 Å². The van der Waals surface area contributed by atoms with Crippen LogP contribution in [0.25, 0.3) is 0 Å². The normalized spacial score (nSPS) is 11.9. The van der Waals surface area contributed by atoms with Crippen LogP contribution in [0, 0.1) is 0 Å². The average molecular weight is 249 g/mol. The van der Waals surface area contributed by atoms with Crippen molar-refractivity contribution in [1.29, 1.82) is 0 Å². The summed E-state index contributed by atoms with van der Waals surface area (Å²) < 4.78 is 0. The SMILES string of the molecule is CCCC(CC)NC(=O)c1cc(NCC)ccn1. The molecule has 0 aliphatic heterocycles. The Hall–Kier alpha value is -1.58. The molecule has 2 N–H and O–H groups in total. The molecule has 1 aromatic heterocycles. The summed E-state index contributed by atoms with van der Waals surface area (Å²) in [5.41, 5.74) is 1.41. The first-order chi connectivity index (χ1) is 8.71. The third-order valence-corrected chi connectivity index (χ3v) is 2.84. The van der Waals surface area contributed by atoms with Gasteiger partial charge >= 0.3 is 0 Å². The summed E-state index contributed by atoms with van der Waals surface area (Å²) in [6.07, 6.45) is 4.69. The summed E-state index contributed by atoms with van der Waals surface area (Å²) in [7, 11) is 0. The van der Waals surface area contributed by atoms with Gasteiger partial charge in [-0.25, -0.2) is 0 Å². The summed E-state index contributed by atoms with van der Waals surface area (Å²) >= 11 is 0. The van der Waals surface area contributed by atoms with Crippen LogP contribution < -0.4 is 10.6 Å². The fraction of sp³-hybridized carbons (Fsp3) is 0.571. The molecule has 4 heteroatoms. The van der Waals surface area contributed by atoms with Crippen molar-refractivity contribution in [3.05, 3.63) is 24.0 Å². The zero-order valence-corrected chi connectivity index (χ0v) is 11.5. The van der Waals surface area contributed by atoms with E-state index >= 15 is 0 Å². The van der Waals surface area contributed by atoms with E-state index in [2.05, 4.69) is 29.5 Å². The number of pyridine rings is 1. The van der Waals surface area contributed by atoms with Crippen LogP contribution in [0.15, 0.2) is 18.3 Å². The van der Waals surface area contributed by atoms with E-state index in [9.17, 15) is 4.79 Å². The van der Waals surface area contributed by atoms with E-state index < -0.39 is 0 Å². The Kier molecular flexibility index (Phi) is 6.19. The number of nitrogens with one attached hydrogen (secondary N) is 2. The van der Waals surface area contributed by atoms with Crippen LogP contribution in [0.2, 0.25) is 0 Å². The predicted octanol–water partition coefficient (Wildman–Crippen LogP) is 2.82. The van der Waals surface area contributed by atoms with Crippen LogP contribution in [0.1, 0.15) is 50.5 Å². The Balaban J connectivity index is 2.68. The summed E-state index contributed by atoms with van der Waals surface area (Å²) in [6, 6.07) is 3.90. The van der Waals surface area contributed by atoms with Gasteiger partial charge in [0.25, 0.3) is 5.91 Å². The van der Waals surface area contributed by atoms with E-state index in [0.29, 0.717) is 5.69 Å². The topological polar surface area (TPSA) is 54.0 Å². The molecule has 0 fully saturated rings. The maximum absolute atomic E-state index is 12.0. The molecule has 0 aromatic carbocycles. The van der Waals surface area contributed by atoms with Crippen LogP contribution in [-0.4, -0.2) is 23.5 Å². The number of rotatable bonds is 7. The average Bonchev–Trinajstić information content (AvgIpc) is 2.39. The van der Waals surface area contributed by atoms with Gasteiger partial charge in [0.15, 0.2) is 0 Å². The van der Waals surface area contributed by atoms with Gasteiger partial charge in [0, 0.05) is 24.5 Å². The van der Waals surface area contributed by atoms with Crippen molar-refractivity contribution in [3.63, 3.8) is 0 Å². The van der Waals surface area contributed by atoms with Crippen LogP contribution in [0.5, 0.6) is 0 Å². The number of aromatic nitrogens is 1. The quantitative estimate of drug-likeness (QED) is 0.781. The van der Waals surface area contributed by atoms with Crippen LogP contribution in [0.4, 0.5) is 5.69 Å². The Bertz CT molecular complexity index is 379. The summed E-state index contributed by atoms with van der Waals surface area (Å²) in [4.78, 5) is 16.2. The largest absolute Gasteiger partial charge is 0.385 e. The molecule has 1 unspecified atom stereocenters. The summed E-state index contributed by atoms with van der Waals surface area (Å²) in [5, 5.41) is 6.20. The molecule has 0 saturated carbocycles. The van der Waals surface area contributed by atoms with Crippen LogP contribution >= 0.6 is 0 Å². The van der Waals surface area contributed by atoms with Crippen molar-refractivity contribution in [3.8, 4) is 0 Å². The first kappa shape index (κ1) is 14.5. The van der Waals surface area contributed by atoms with Crippen LogP contribution in [0.3, 0.4) is 0 Å².